The van der Waals surface area contributed by atoms with Crippen LogP contribution < -0.4 is 0 Å². The van der Waals surface area contributed by atoms with Crippen LogP contribution >= 0.6 is 0 Å². The Morgan fingerprint density at radius 3 is 1.29 bits per heavy atom. The molecule has 0 aromatic rings. The van der Waals surface area contributed by atoms with E-state index in [2.05, 4.69) is 0 Å². The van der Waals surface area contributed by atoms with E-state index in [1.807, 2.05) is 0 Å². The third-order valence-corrected chi connectivity index (χ3v) is 8.47. The zero-order valence-electron chi connectivity index (χ0n) is 24.0. The van der Waals surface area contributed by atoms with E-state index < -0.39 is 149 Å². The number of aliphatic hydroxyl groups excluding tert-OH is 13. The lowest BCUT2D eigenvalue weighted by molar-refractivity contribution is -0.393. The lowest BCUT2D eigenvalue weighted by atomic mass is 9.94. The van der Waals surface area contributed by atoms with Gasteiger partial charge < -0.3 is 99.5 Å². The molecule has 264 valence electrons. The molecule has 0 radical (unpaired) electrons. The summed E-state index contributed by atoms with van der Waals surface area (Å²) in [6, 6.07) is 0. The van der Waals surface area contributed by atoms with Gasteiger partial charge in [0, 0.05) is 0 Å². The van der Waals surface area contributed by atoms with Gasteiger partial charge in [-0.05, 0) is 6.92 Å². The highest BCUT2D eigenvalue weighted by molar-refractivity contribution is 4.98. The van der Waals surface area contributed by atoms with Gasteiger partial charge >= 0.3 is 0 Å². The van der Waals surface area contributed by atoms with E-state index >= 15 is 0 Å². The molecule has 0 saturated carbocycles. The highest BCUT2D eigenvalue weighted by atomic mass is 16.8. The molecule has 13 N–H and O–H groups in total. The first kappa shape index (κ1) is 37.0. The van der Waals surface area contributed by atoms with Crippen LogP contribution in [0.1, 0.15) is 6.92 Å². The van der Waals surface area contributed by atoms with Gasteiger partial charge in [0.25, 0.3) is 0 Å². The second-order valence-corrected chi connectivity index (χ2v) is 11.5. The quantitative estimate of drug-likeness (QED) is 0.103. The molecular formula is C25H44O20. The van der Waals surface area contributed by atoms with Crippen molar-refractivity contribution in [2.24, 2.45) is 0 Å². The lowest BCUT2D eigenvalue weighted by Gasteiger charge is -2.49. The third-order valence-electron chi connectivity index (χ3n) is 8.47. The Morgan fingerprint density at radius 1 is 0.378 bits per heavy atom. The number of hydrogen-bond donors (Lipinski definition) is 13. The van der Waals surface area contributed by atoms with E-state index in [4.69, 9.17) is 33.2 Å². The zero-order chi connectivity index (χ0) is 33.3. The van der Waals surface area contributed by atoms with E-state index in [9.17, 15) is 66.4 Å². The third kappa shape index (κ3) is 7.45. The van der Waals surface area contributed by atoms with Crippen LogP contribution in [0.15, 0.2) is 0 Å². The van der Waals surface area contributed by atoms with Crippen molar-refractivity contribution in [3.05, 3.63) is 0 Å². The lowest BCUT2D eigenvalue weighted by Crippen LogP contribution is -2.67. The van der Waals surface area contributed by atoms with Crippen LogP contribution in [-0.2, 0) is 33.2 Å². The Labute approximate surface area is 256 Å². The van der Waals surface area contributed by atoms with Gasteiger partial charge in [0.1, 0.15) is 97.7 Å². The standard InChI is InChI=1S/C25H44O20/c1-6-20(16(35)12(31)7(2-26)39-6)43-25-22(17(36)13(32)9(4-28)42-25)45-24-19(38)21(14(33)10(5-29)41-24)44-23-18(37)15(34)11(30)8(3-27)40-23/h6-38H,2-5H2,1H3. The fourth-order valence-electron chi connectivity index (χ4n) is 5.75. The maximum absolute atomic E-state index is 11.1. The van der Waals surface area contributed by atoms with Crippen molar-refractivity contribution < 1.29 is 99.5 Å². The average Bonchev–Trinajstić information content (AvgIpc) is 3.03. The molecule has 4 aliphatic heterocycles. The van der Waals surface area contributed by atoms with E-state index in [1.165, 1.54) is 6.92 Å². The first-order chi connectivity index (χ1) is 21.3. The van der Waals surface area contributed by atoms with Gasteiger partial charge in [-0.3, -0.25) is 0 Å². The van der Waals surface area contributed by atoms with Crippen LogP contribution in [0.3, 0.4) is 0 Å². The molecular weight excluding hydrogens is 620 g/mol. The Morgan fingerprint density at radius 2 is 0.756 bits per heavy atom. The van der Waals surface area contributed by atoms with Gasteiger partial charge in [0.15, 0.2) is 18.9 Å². The van der Waals surface area contributed by atoms with Crippen molar-refractivity contribution in [3.8, 4) is 0 Å². The van der Waals surface area contributed by atoms with Gasteiger partial charge in [0.2, 0.25) is 0 Å². The summed E-state index contributed by atoms with van der Waals surface area (Å²) in [7, 11) is 0. The molecule has 4 aliphatic rings. The Hall–Kier alpha value is -0.800. The molecule has 4 heterocycles. The SMILES string of the molecule is CC1OC(CO)C(O)C(O)C1OC1OC(CO)C(O)C(O)C1OC1OC(CO)C(O)C(OC2OC(CO)C(O)C(O)C2O)C1O. The predicted octanol–water partition coefficient (Wildman–Crippen LogP) is -8.68. The summed E-state index contributed by atoms with van der Waals surface area (Å²) in [4.78, 5) is 0. The highest BCUT2D eigenvalue weighted by Crippen LogP contribution is 2.34. The molecule has 20 nitrogen and oxygen atoms in total. The topological polar surface area (TPSA) is 328 Å². The molecule has 20 unspecified atom stereocenters. The van der Waals surface area contributed by atoms with Crippen LogP contribution in [0.2, 0.25) is 0 Å². The Kier molecular flexibility index (Phi) is 12.8. The average molecular weight is 665 g/mol. The first-order valence-corrected chi connectivity index (χ1v) is 14.4. The minimum absolute atomic E-state index is 0.625. The zero-order valence-corrected chi connectivity index (χ0v) is 24.0. The molecule has 20 heteroatoms. The highest BCUT2D eigenvalue weighted by Gasteiger charge is 2.55. The summed E-state index contributed by atoms with van der Waals surface area (Å²) in [5.74, 6) is 0. The molecule has 0 spiro atoms. The molecule has 20 atom stereocenters. The van der Waals surface area contributed by atoms with E-state index in [1.54, 1.807) is 0 Å². The number of rotatable bonds is 10. The Balaban J connectivity index is 1.56. The number of hydrogen-bond acceptors (Lipinski definition) is 20. The summed E-state index contributed by atoms with van der Waals surface area (Å²) >= 11 is 0. The summed E-state index contributed by atoms with van der Waals surface area (Å²) < 4.78 is 38.9. The van der Waals surface area contributed by atoms with Crippen molar-refractivity contribution in [3.63, 3.8) is 0 Å². The van der Waals surface area contributed by atoms with Crippen molar-refractivity contribution in [2.75, 3.05) is 26.4 Å². The summed E-state index contributed by atoms with van der Waals surface area (Å²) in [6.07, 6.45) is -33.4. The summed E-state index contributed by atoms with van der Waals surface area (Å²) in [6.45, 7) is -1.68. The fourth-order valence-corrected chi connectivity index (χ4v) is 5.75. The van der Waals surface area contributed by atoms with Gasteiger partial charge in [-0.2, -0.15) is 0 Å². The molecule has 4 fully saturated rings. The number of aliphatic hydroxyl groups is 13. The largest absolute Gasteiger partial charge is 0.394 e. The molecule has 4 rings (SSSR count). The molecule has 0 aromatic carbocycles. The van der Waals surface area contributed by atoms with Gasteiger partial charge in [-0.25, -0.2) is 0 Å². The van der Waals surface area contributed by atoms with Crippen molar-refractivity contribution in [1.29, 1.82) is 0 Å². The smallest absolute Gasteiger partial charge is 0.187 e. The molecule has 4 saturated heterocycles. The Bertz CT molecular complexity index is 916. The van der Waals surface area contributed by atoms with Crippen LogP contribution in [0, 0.1) is 0 Å². The van der Waals surface area contributed by atoms with Gasteiger partial charge in [-0.1, -0.05) is 0 Å². The van der Waals surface area contributed by atoms with E-state index in [-0.39, 0.29) is 0 Å². The summed E-state index contributed by atoms with van der Waals surface area (Å²) in [5.41, 5.74) is 0. The van der Waals surface area contributed by atoms with Crippen molar-refractivity contribution in [1.82, 2.24) is 0 Å². The molecule has 45 heavy (non-hydrogen) atoms. The normalized spacial score (nSPS) is 52.9. The number of ether oxygens (including phenoxy) is 7. The summed E-state index contributed by atoms with van der Waals surface area (Å²) in [5, 5.41) is 133. The second-order valence-electron chi connectivity index (χ2n) is 11.5. The van der Waals surface area contributed by atoms with E-state index in [0.717, 1.165) is 0 Å². The maximum Gasteiger partial charge on any atom is 0.187 e. The van der Waals surface area contributed by atoms with Crippen LogP contribution in [0.4, 0.5) is 0 Å². The van der Waals surface area contributed by atoms with Crippen molar-refractivity contribution in [2.45, 2.75) is 130 Å². The second kappa shape index (κ2) is 15.6. The fraction of sp³-hybridized carbons (Fsp3) is 1.00. The van der Waals surface area contributed by atoms with E-state index in [0.29, 0.717) is 0 Å². The van der Waals surface area contributed by atoms with Gasteiger partial charge in [0.05, 0.1) is 32.5 Å². The minimum Gasteiger partial charge on any atom is -0.394 e. The minimum atomic E-state index is -2.02. The first-order valence-electron chi connectivity index (χ1n) is 14.4. The van der Waals surface area contributed by atoms with Crippen LogP contribution in [0.25, 0.3) is 0 Å². The molecule has 0 aromatic heterocycles. The molecule has 0 amide bonds. The van der Waals surface area contributed by atoms with Crippen LogP contribution in [-0.4, -0.2) is 215 Å². The maximum atomic E-state index is 11.1. The molecule has 0 bridgehead atoms. The van der Waals surface area contributed by atoms with Crippen molar-refractivity contribution >= 4 is 0 Å². The monoisotopic (exact) mass is 664 g/mol. The molecule has 0 aliphatic carbocycles. The van der Waals surface area contributed by atoms with Gasteiger partial charge in [-0.15, -0.1) is 0 Å². The van der Waals surface area contributed by atoms with Crippen LogP contribution in [0.5, 0.6) is 0 Å². The predicted molar refractivity (Wildman–Crippen MR) is 137 cm³/mol.